The number of fused-ring (bicyclic) bond motifs is 3. The second kappa shape index (κ2) is 12.7. The average molecular weight is 533 g/mol. The number of rotatable bonds is 9. The minimum Gasteiger partial charge on any atom is -0.426 e. The molecule has 2 aromatic rings. The van der Waals surface area contributed by atoms with Crippen LogP contribution in [0.2, 0.25) is 0 Å². The van der Waals surface area contributed by atoms with Gasteiger partial charge in [-0.1, -0.05) is 38.8 Å². The number of carbonyl (C=O) groups is 2. The van der Waals surface area contributed by atoms with Crippen molar-refractivity contribution in [1.82, 2.24) is 0 Å². The van der Waals surface area contributed by atoms with E-state index in [1.807, 2.05) is 24.3 Å². The highest BCUT2D eigenvalue weighted by atomic mass is 16.5. The van der Waals surface area contributed by atoms with Crippen LogP contribution >= 0.6 is 0 Å². The molecule has 0 radical (unpaired) electrons. The third kappa shape index (κ3) is 6.40. The molecule has 2 fully saturated rings. The first-order valence-electron chi connectivity index (χ1n) is 15.2. The van der Waals surface area contributed by atoms with Gasteiger partial charge in [-0.15, -0.1) is 0 Å². The van der Waals surface area contributed by atoms with Crippen LogP contribution in [0, 0.1) is 23.7 Å². The first-order valence-corrected chi connectivity index (χ1v) is 15.2. The maximum absolute atomic E-state index is 12.9. The second-order valence-electron chi connectivity index (χ2n) is 12.1. The minimum absolute atomic E-state index is 0.0126. The van der Waals surface area contributed by atoms with Crippen LogP contribution in [-0.2, 0) is 14.3 Å². The van der Waals surface area contributed by atoms with Gasteiger partial charge in [-0.25, -0.2) is 0 Å². The summed E-state index contributed by atoms with van der Waals surface area (Å²) < 4.78 is 17.0. The van der Waals surface area contributed by atoms with Gasteiger partial charge in [-0.2, -0.15) is 0 Å². The first kappa shape index (κ1) is 27.9. The standard InChI is InChI=1S/C34H44O5/c1-4-5-23-6-10-25(11-7-23)33(35)38-27-14-16-29-30-17-15-28(21-32(30)22(2)31(29)20-27)39-34(36)26-12-8-24(9-13-26)18-19-37-3/h14-17,20-26H,4-13,18-19H2,1-3H3. The van der Waals surface area contributed by atoms with Crippen molar-refractivity contribution in [2.24, 2.45) is 23.7 Å². The third-order valence-electron chi connectivity index (χ3n) is 9.49. The Morgan fingerprint density at radius 3 is 1.62 bits per heavy atom. The smallest absolute Gasteiger partial charge is 0.314 e. The van der Waals surface area contributed by atoms with Crippen molar-refractivity contribution >= 4 is 11.9 Å². The van der Waals surface area contributed by atoms with Gasteiger partial charge in [0.05, 0.1) is 11.8 Å². The molecule has 0 spiro atoms. The van der Waals surface area contributed by atoms with E-state index in [0.29, 0.717) is 17.4 Å². The molecule has 5 rings (SSSR count). The van der Waals surface area contributed by atoms with E-state index in [1.54, 1.807) is 7.11 Å². The summed E-state index contributed by atoms with van der Waals surface area (Å²) >= 11 is 0. The molecule has 0 aromatic heterocycles. The molecule has 0 saturated heterocycles. The Bertz CT molecular complexity index is 1150. The molecule has 1 unspecified atom stereocenters. The number of hydrogen-bond donors (Lipinski definition) is 0. The van der Waals surface area contributed by atoms with Crippen LogP contribution in [0.25, 0.3) is 11.1 Å². The van der Waals surface area contributed by atoms with Gasteiger partial charge in [0.15, 0.2) is 0 Å². The fourth-order valence-corrected chi connectivity index (χ4v) is 7.05. The number of methoxy groups -OCH3 is 1. The molecule has 39 heavy (non-hydrogen) atoms. The molecule has 0 bridgehead atoms. The number of hydrogen-bond acceptors (Lipinski definition) is 5. The molecule has 3 aliphatic carbocycles. The Balaban J connectivity index is 1.19. The van der Waals surface area contributed by atoms with Gasteiger partial charge in [-0.3, -0.25) is 9.59 Å². The normalized spacial score (nSPS) is 26.0. The summed E-state index contributed by atoms with van der Waals surface area (Å²) in [5, 5.41) is 0. The number of carbonyl (C=O) groups excluding carboxylic acids is 2. The number of esters is 2. The fraction of sp³-hybridized carbons (Fsp3) is 0.588. The van der Waals surface area contributed by atoms with Crippen molar-refractivity contribution in [1.29, 1.82) is 0 Å². The summed E-state index contributed by atoms with van der Waals surface area (Å²) in [4.78, 5) is 25.8. The van der Waals surface area contributed by atoms with Crippen molar-refractivity contribution in [3.8, 4) is 22.6 Å². The molecule has 3 aliphatic rings. The largest absolute Gasteiger partial charge is 0.426 e. The van der Waals surface area contributed by atoms with E-state index in [9.17, 15) is 9.59 Å². The highest BCUT2D eigenvalue weighted by Crippen LogP contribution is 2.47. The zero-order valence-electron chi connectivity index (χ0n) is 23.9. The van der Waals surface area contributed by atoms with Crippen LogP contribution in [0.15, 0.2) is 36.4 Å². The summed E-state index contributed by atoms with van der Waals surface area (Å²) in [7, 11) is 1.74. The predicted octanol–water partition coefficient (Wildman–Crippen LogP) is 8.08. The Hall–Kier alpha value is -2.66. The van der Waals surface area contributed by atoms with Gasteiger partial charge in [0.25, 0.3) is 0 Å². The average Bonchev–Trinajstić information content (AvgIpc) is 3.23. The lowest BCUT2D eigenvalue weighted by Gasteiger charge is -2.27. The predicted molar refractivity (Wildman–Crippen MR) is 153 cm³/mol. The zero-order chi connectivity index (χ0) is 27.4. The second-order valence-corrected chi connectivity index (χ2v) is 12.1. The lowest BCUT2D eigenvalue weighted by molar-refractivity contribution is -0.141. The van der Waals surface area contributed by atoms with Gasteiger partial charge < -0.3 is 14.2 Å². The summed E-state index contributed by atoms with van der Waals surface area (Å²) in [6.45, 7) is 5.19. The molecule has 1 atom stereocenters. The molecule has 0 amide bonds. The van der Waals surface area contributed by atoms with Crippen LogP contribution in [0.3, 0.4) is 0 Å². The Morgan fingerprint density at radius 1 is 0.718 bits per heavy atom. The molecule has 2 saturated carbocycles. The summed E-state index contributed by atoms with van der Waals surface area (Å²) in [5.74, 6) is 2.59. The zero-order valence-corrected chi connectivity index (χ0v) is 23.9. The van der Waals surface area contributed by atoms with E-state index >= 15 is 0 Å². The molecular formula is C34H44O5. The molecule has 5 nitrogen and oxygen atoms in total. The SMILES string of the molecule is CCCC1CCC(C(=O)Oc2ccc3c(c2)C(C)c2cc(OC(=O)C4CCC(CCOC)CC4)ccc2-3)CC1. The molecule has 0 N–H and O–H groups in total. The lowest BCUT2D eigenvalue weighted by atomic mass is 9.80. The Kier molecular flexibility index (Phi) is 9.06. The van der Waals surface area contributed by atoms with E-state index in [0.717, 1.165) is 92.6 Å². The van der Waals surface area contributed by atoms with Crippen molar-refractivity contribution in [3.63, 3.8) is 0 Å². The van der Waals surface area contributed by atoms with Crippen LogP contribution in [0.1, 0.15) is 102 Å². The van der Waals surface area contributed by atoms with E-state index in [2.05, 4.69) is 26.0 Å². The highest BCUT2D eigenvalue weighted by molar-refractivity contribution is 5.82. The van der Waals surface area contributed by atoms with E-state index in [4.69, 9.17) is 14.2 Å². The number of benzene rings is 2. The van der Waals surface area contributed by atoms with Gasteiger partial charge >= 0.3 is 11.9 Å². The third-order valence-corrected chi connectivity index (χ3v) is 9.49. The van der Waals surface area contributed by atoms with Crippen molar-refractivity contribution < 1.29 is 23.8 Å². The van der Waals surface area contributed by atoms with E-state index in [-0.39, 0.29) is 29.7 Å². The maximum atomic E-state index is 12.9. The van der Waals surface area contributed by atoms with Crippen molar-refractivity contribution in [2.75, 3.05) is 13.7 Å². The van der Waals surface area contributed by atoms with Crippen LogP contribution < -0.4 is 9.47 Å². The topological polar surface area (TPSA) is 61.8 Å². The van der Waals surface area contributed by atoms with Crippen LogP contribution in [0.5, 0.6) is 11.5 Å². The van der Waals surface area contributed by atoms with Gasteiger partial charge in [-0.05, 0) is 116 Å². The summed E-state index contributed by atoms with van der Waals surface area (Å²) in [5.41, 5.74) is 4.61. The molecule has 2 aromatic carbocycles. The Labute approximate surface area is 233 Å². The van der Waals surface area contributed by atoms with Gasteiger partial charge in [0, 0.05) is 19.6 Å². The summed E-state index contributed by atoms with van der Waals surface area (Å²) in [6, 6.07) is 12.0. The van der Waals surface area contributed by atoms with Crippen LogP contribution in [0.4, 0.5) is 0 Å². The molecule has 5 heteroatoms. The summed E-state index contributed by atoms with van der Waals surface area (Å²) in [6.07, 6.45) is 11.6. The quantitative estimate of drug-likeness (QED) is 0.241. The lowest BCUT2D eigenvalue weighted by Crippen LogP contribution is -2.26. The monoisotopic (exact) mass is 532 g/mol. The van der Waals surface area contributed by atoms with Gasteiger partial charge in [0.1, 0.15) is 11.5 Å². The van der Waals surface area contributed by atoms with Gasteiger partial charge in [0.2, 0.25) is 0 Å². The van der Waals surface area contributed by atoms with E-state index in [1.165, 1.54) is 12.8 Å². The molecular weight excluding hydrogens is 488 g/mol. The maximum Gasteiger partial charge on any atom is 0.314 e. The molecule has 0 aliphatic heterocycles. The molecule has 0 heterocycles. The minimum atomic E-state index is -0.110. The molecule has 210 valence electrons. The first-order chi connectivity index (χ1) is 19.0. The van der Waals surface area contributed by atoms with Crippen molar-refractivity contribution in [2.45, 2.75) is 90.4 Å². The number of ether oxygens (including phenoxy) is 3. The van der Waals surface area contributed by atoms with Crippen LogP contribution in [-0.4, -0.2) is 25.7 Å². The van der Waals surface area contributed by atoms with Crippen molar-refractivity contribution in [3.05, 3.63) is 47.5 Å². The Morgan fingerprint density at radius 2 is 1.18 bits per heavy atom. The highest BCUT2D eigenvalue weighted by Gasteiger charge is 2.31. The fourth-order valence-electron chi connectivity index (χ4n) is 7.05. The van der Waals surface area contributed by atoms with E-state index < -0.39 is 0 Å².